The van der Waals surface area contributed by atoms with Crippen molar-refractivity contribution < 1.29 is 0 Å². The Bertz CT molecular complexity index is 503. The lowest BCUT2D eigenvalue weighted by molar-refractivity contribution is 0.654. The van der Waals surface area contributed by atoms with E-state index in [9.17, 15) is 0 Å². The highest BCUT2D eigenvalue weighted by atomic mass is 35.5. The molecule has 1 atom stereocenters. The van der Waals surface area contributed by atoms with Gasteiger partial charge in [0.05, 0.1) is 16.4 Å². The second kappa shape index (κ2) is 4.64. The summed E-state index contributed by atoms with van der Waals surface area (Å²) in [4.78, 5) is 4.54. The molecule has 0 spiro atoms. The van der Waals surface area contributed by atoms with E-state index in [4.69, 9.17) is 23.2 Å². The van der Waals surface area contributed by atoms with Crippen LogP contribution in [0.3, 0.4) is 0 Å². The molecule has 0 amide bonds. The van der Waals surface area contributed by atoms with Crippen molar-refractivity contribution in [3.8, 4) is 0 Å². The van der Waals surface area contributed by atoms with Crippen molar-refractivity contribution in [2.45, 2.75) is 32.2 Å². The van der Waals surface area contributed by atoms with Crippen LogP contribution in [0.2, 0.25) is 5.02 Å². The molecule has 1 heterocycles. The molecule has 0 N–H and O–H groups in total. The van der Waals surface area contributed by atoms with Crippen LogP contribution in [0.1, 0.15) is 31.5 Å². The zero-order chi connectivity index (χ0) is 11.7. The lowest BCUT2D eigenvalue weighted by Gasteiger charge is -2.08. The zero-order valence-corrected chi connectivity index (χ0v) is 10.9. The Balaban J connectivity index is 2.65. The van der Waals surface area contributed by atoms with Crippen LogP contribution in [0.25, 0.3) is 11.0 Å². The van der Waals surface area contributed by atoms with E-state index in [0.717, 1.165) is 29.8 Å². The third-order valence-electron chi connectivity index (χ3n) is 2.54. The number of aryl methyl sites for hydroxylation is 1. The standard InChI is InChI=1S/C12H14Cl2N2/c1-3-6-16-11-5-4-9(14)7-10(11)15-12(16)8(2)13/h4-5,7-8H,3,6H2,1-2H3/t8-/m1/s1. The Morgan fingerprint density at radius 2 is 2.19 bits per heavy atom. The summed E-state index contributed by atoms with van der Waals surface area (Å²) in [6, 6.07) is 5.77. The van der Waals surface area contributed by atoms with Crippen molar-refractivity contribution in [1.82, 2.24) is 9.55 Å². The van der Waals surface area contributed by atoms with Crippen molar-refractivity contribution >= 4 is 34.2 Å². The summed E-state index contributed by atoms with van der Waals surface area (Å²) in [7, 11) is 0. The van der Waals surface area contributed by atoms with Gasteiger partial charge in [0.25, 0.3) is 0 Å². The van der Waals surface area contributed by atoms with Gasteiger partial charge in [0.2, 0.25) is 0 Å². The average Bonchev–Trinajstić information content (AvgIpc) is 2.57. The monoisotopic (exact) mass is 256 g/mol. The summed E-state index contributed by atoms with van der Waals surface area (Å²) in [5.41, 5.74) is 2.03. The Hall–Kier alpha value is -0.730. The summed E-state index contributed by atoms with van der Waals surface area (Å²) in [6.07, 6.45) is 1.06. The Labute approximate surface area is 105 Å². The van der Waals surface area contributed by atoms with Crippen LogP contribution in [-0.4, -0.2) is 9.55 Å². The quantitative estimate of drug-likeness (QED) is 0.745. The molecule has 0 aliphatic carbocycles. The van der Waals surface area contributed by atoms with E-state index >= 15 is 0 Å². The number of halogens is 2. The lowest BCUT2D eigenvalue weighted by atomic mass is 10.3. The van der Waals surface area contributed by atoms with Crippen LogP contribution < -0.4 is 0 Å². The first-order chi connectivity index (χ1) is 7.63. The SMILES string of the molecule is CCCn1c([C@@H](C)Cl)nc2cc(Cl)ccc21. The molecule has 0 aliphatic heterocycles. The molecule has 2 rings (SSSR count). The molecule has 0 radical (unpaired) electrons. The Morgan fingerprint density at radius 1 is 1.44 bits per heavy atom. The van der Waals surface area contributed by atoms with Crippen LogP contribution in [0.5, 0.6) is 0 Å². The second-order valence-corrected chi connectivity index (χ2v) is 4.96. The molecule has 0 aliphatic rings. The predicted molar refractivity (Wildman–Crippen MR) is 69.3 cm³/mol. The highest BCUT2D eigenvalue weighted by Crippen LogP contribution is 2.26. The van der Waals surface area contributed by atoms with Crippen molar-refractivity contribution in [1.29, 1.82) is 0 Å². The number of aromatic nitrogens is 2. The highest BCUT2D eigenvalue weighted by molar-refractivity contribution is 6.31. The van der Waals surface area contributed by atoms with Crippen LogP contribution in [-0.2, 0) is 6.54 Å². The maximum atomic E-state index is 6.14. The smallest absolute Gasteiger partial charge is 0.127 e. The minimum Gasteiger partial charge on any atom is -0.327 e. The molecule has 1 aromatic heterocycles. The number of imidazole rings is 1. The van der Waals surface area contributed by atoms with Gasteiger partial charge in [-0.15, -0.1) is 11.6 Å². The molecule has 16 heavy (non-hydrogen) atoms. The number of nitrogens with zero attached hydrogens (tertiary/aromatic N) is 2. The second-order valence-electron chi connectivity index (χ2n) is 3.87. The normalized spacial score (nSPS) is 13.2. The fourth-order valence-corrected chi connectivity index (χ4v) is 2.22. The third kappa shape index (κ3) is 2.04. The van der Waals surface area contributed by atoms with Gasteiger partial charge in [-0.3, -0.25) is 0 Å². The predicted octanol–water partition coefficient (Wildman–Crippen LogP) is 4.40. The maximum absolute atomic E-state index is 6.14. The molecule has 2 nitrogen and oxygen atoms in total. The van der Waals surface area contributed by atoms with Gasteiger partial charge < -0.3 is 4.57 Å². The van der Waals surface area contributed by atoms with E-state index in [-0.39, 0.29) is 5.38 Å². The summed E-state index contributed by atoms with van der Waals surface area (Å²) in [6.45, 7) is 5.02. The fourth-order valence-electron chi connectivity index (χ4n) is 1.88. The third-order valence-corrected chi connectivity index (χ3v) is 2.97. The molecule has 86 valence electrons. The number of rotatable bonds is 3. The van der Waals surface area contributed by atoms with Crippen molar-refractivity contribution in [3.63, 3.8) is 0 Å². The van der Waals surface area contributed by atoms with Crippen LogP contribution in [0.4, 0.5) is 0 Å². The zero-order valence-electron chi connectivity index (χ0n) is 9.37. The molecule has 4 heteroatoms. The number of hydrogen-bond acceptors (Lipinski definition) is 1. The molecular weight excluding hydrogens is 243 g/mol. The molecule has 0 saturated carbocycles. The number of fused-ring (bicyclic) bond motifs is 1. The fraction of sp³-hybridized carbons (Fsp3) is 0.417. The number of benzene rings is 1. The first kappa shape index (κ1) is 11.7. The average molecular weight is 257 g/mol. The van der Waals surface area contributed by atoms with Gasteiger partial charge in [-0.05, 0) is 31.5 Å². The first-order valence-electron chi connectivity index (χ1n) is 5.43. The van der Waals surface area contributed by atoms with Crippen LogP contribution >= 0.6 is 23.2 Å². The number of hydrogen-bond donors (Lipinski definition) is 0. The molecule has 0 saturated heterocycles. The first-order valence-corrected chi connectivity index (χ1v) is 6.24. The molecule has 0 bridgehead atoms. The number of alkyl halides is 1. The Morgan fingerprint density at radius 3 is 2.81 bits per heavy atom. The van der Waals surface area contributed by atoms with Gasteiger partial charge in [0.15, 0.2) is 0 Å². The molecule has 0 unspecified atom stereocenters. The molecule has 2 aromatic rings. The van der Waals surface area contributed by atoms with E-state index in [0.29, 0.717) is 5.02 Å². The van der Waals surface area contributed by atoms with Crippen molar-refractivity contribution in [2.24, 2.45) is 0 Å². The van der Waals surface area contributed by atoms with Crippen LogP contribution in [0.15, 0.2) is 18.2 Å². The van der Waals surface area contributed by atoms with Gasteiger partial charge in [-0.2, -0.15) is 0 Å². The minimum absolute atomic E-state index is 0.0854. The lowest BCUT2D eigenvalue weighted by Crippen LogP contribution is -2.03. The van der Waals surface area contributed by atoms with E-state index in [2.05, 4.69) is 16.5 Å². The van der Waals surface area contributed by atoms with Crippen molar-refractivity contribution in [3.05, 3.63) is 29.0 Å². The minimum atomic E-state index is -0.0854. The van der Waals surface area contributed by atoms with Crippen LogP contribution in [0, 0.1) is 0 Å². The molecule has 1 aromatic carbocycles. The highest BCUT2D eigenvalue weighted by Gasteiger charge is 2.14. The van der Waals surface area contributed by atoms with Gasteiger partial charge in [-0.1, -0.05) is 18.5 Å². The summed E-state index contributed by atoms with van der Waals surface area (Å²) in [5, 5.41) is 0.625. The van der Waals surface area contributed by atoms with E-state index in [1.165, 1.54) is 0 Å². The van der Waals surface area contributed by atoms with Gasteiger partial charge >= 0.3 is 0 Å². The molecule has 0 fully saturated rings. The van der Waals surface area contributed by atoms with Crippen molar-refractivity contribution in [2.75, 3.05) is 0 Å². The van der Waals surface area contributed by atoms with Gasteiger partial charge in [0, 0.05) is 11.6 Å². The Kier molecular flexibility index (Phi) is 3.41. The van der Waals surface area contributed by atoms with Gasteiger partial charge in [-0.25, -0.2) is 4.98 Å². The summed E-state index contributed by atoms with van der Waals surface area (Å²) < 4.78 is 2.17. The largest absolute Gasteiger partial charge is 0.327 e. The summed E-state index contributed by atoms with van der Waals surface area (Å²) in [5.74, 6) is 0.917. The van der Waals surface area contributed by atoms with E-state index < -0.39 is 0 Å². The van der Waals surface area contributed by atoms with Gasteiger partial charge in [0.1, 0.15) is 5.82 Å². The topological polar surface area (TPSA) is 17.8 Å². The summed E-state index contributed by atoms with van der Waals surface area (Å²) >= 11 is 12.1. The molecular formula is C12H14Cl2N2. The van der Waals surface area contributed by atoms with E-state index in [1.807, 2.05) is 25.1 Å². The van der Waals surface area contributed by atoms with E-state index in [1.54, 1.807) is 0 Å². The maximum Gasteiger partial charge on any atom is 0.127 e.